The second kappa shape index (κ2) is 4.85. The van der Waals surface area contributed by atoms with Crippen LogP contribution >= 0.6 is 0 Å². The van der Waals surface area contributed by atoms with Crippen molar-refractivity contribution in [2.45, 2.75) is 19.8 Å². The van der Waals surface area contributed by atoms with Crippen molar-refractivity contribution >= 4 is 0 Å². The van der Waals surface area contributed by atoms with Crippen molar-refractivity contribution in [3.63, 3.8) is 0 Å². The van der Waals surface area contributed by atoms with Crippen molar-refractivity contribution in [3.8, 4) is 16.9 Å². The zero-order valence-corrected chi connectivity index (χ0v) is 10.6. The average molecular weight is 237 g/mol. The van der Waals surface area contributed by atoms with Crippen LogP contribution < -0.4 is 4.74 Å². The molecule has 91 valence electrons. The SMILES string of the molecule is CCOc1cccc(-c2cccc3c2CC[CH]3)c1. The maximum absolute atomic E-state index is 5.58. The maximum atomic E-state index is 5.58. The molecule has 0 unspecified atom stereocenters. The van der Waals surface area contributed by atoms with Crippen LogP contribution in [0.15, 0.2) is 42.5 Å². The molecule has 0 bridgehead atoms. The van der Waals surface area contributed by atoms with Crippen LogP contribution in [-0.4, -0.2) is 6.61 Å². The molecule has 1 nitrogen and oxygen atoms in total. The van der Waals surface area contributed by atoms with Gasteiger partial charge in [0.1, 0.15) is 5.75 Å². The standard InChI is InChI=1S/C17H17O/c1-2-18-15-9-3-8-14(12-15)17-11-5-7-13-6-4-10-16(13)17/h3,5-9,11-12H,2,4,10H2,1H3. The molecule has 0 amide bonds. The first kappa shape index (κ1) is 11.3. The maximum Gasteiger partial charge on any atom is 0.119 e. The Bertz CT molecular complexity index is 557. The summed E-state index contributed by atoms with van der Waals surface area (Å²) in [5, 5.41) is 0. The molecule has 0 heterocycles. The van der Waals surface area contributed by atoms with Gasteiger partial charge in [-0.3, -0.25) is 0 Å². The second-order valence-electron chi connectivity index (χ2n) is 4.58. The fourth-order valence-electron chi connectivity index (χ4n) is 2.64. The lowest BCUT2D eigenvalue weighted by atomic mass is 9.97. The highest BCUT2D eigenvalue weighted by Gasteiger charge is 2.15. The molecule has 0 fully saturated rings. The Hall–Kier alpha value is -1.76. The van der Waals surface area contributed by atoms with Crippen molar-refractivity contribution in [1.82, 2.24) is 0 Å². The van der Waals surface area contributed by atoms with Crippen LogP contribution in [0, 0.1) is 6.42 Å². The van der Waals surface area contributed by atoms with Crippen LogP contribution in [0.25, 0.3) is 11.1 Å². The van der Waals surface area contributed by atoms with Gasteiger partial charge in [0, 0.05) is 0 Å². The summed E-state index contributed by atoms with van der Waals surface area (Å²) in [6, 6.07) is 14.9. The summed E-state index contributed by atoms with van der Waals surface area (Å²) in [6.07, 6.45) is 4.65. The van der Waals surface area contributed by atoms with E-state index < -0.39 is 0 Å². The van der Waals surface area contributed by atoms with Crippen LogP contribution in [0.4, 0.5) is 0 Å². The Balaban J connectivity index is 2.05. The minimum absolute atomic E-state index is 0.712. The topological polar surface area (TPSA) is 9.23 Å². The molecule has 0 aromatic heterocycles. The Morgan fingerprint density at radius 2 is 2.00 bits per heavy atom. The number of benzene rings is 2. The van der Waals surface area contributed by atoms with Gasteiger partial charge in [-0.2, -0.15) is 0 Å². The lowest BCUT2D eigenvalue weighted by Crippen LogP contribution is -1.92. The molecular weight excluding hydrogens is 220 g/mol. The van der Waals surface area contributed by atoms with Gasteiger partial charge >= 0.3 is 0 Å². The van der Waals surface area contributed by atoms with E-state index in [4.69, 9.17) is 4.74 Å². The second-order valence-corrected chi connectivity index (χ2v) is 4.58. The summed E-state index contributed by atoms with van der Waals surface area (Å²) in [6.45, 7) is 2.73. The Labute approximate surface area is 108 Å². The predicted octanol–water partition coefficient (Wildman–Crippen LogP) is 4.25. The van der Waals surface area contributed by atoms with Crippen molar-refractivity contribution in [3.05, 3.63) is 60.0 Å². The minimum atomic E-state index is 0.712. The summed E-state index contributed by atoms with van der Waals surface area (Å²) in [5.41, 5.74) is 5.48. The van der Waals surface area contributed by atoms with Crippen LogP contribution in [-0.2, 0) is 6.42 Å². The smallest absolute Gasteiger partial charge is 0.119 e. The monoisotopic (exact) mass is 237 g/mol. The summed E-state index contributed by atoms with van der Waals surface area (Å²) in [4.78, 5) is 0. The molecule has 3 rings (SSSR count). The molecule has 0 saturated carbocycles. The van der Waals surface area contributed by atoms with Crippen LogP contribution in [0.2, 0.25) is 0 Å². The summed E-state index contributed by atoms with van der Waals surface area (Å²) in [5.74, 6) is 0.953. The Morgan fingerprint density at radius 1 is 1.11 bits per heavy atom. The fourth-order valence-corrected chi connectivity index (χ4v) is 2.64. The highest BCUT2D eigenvalue weighted by molar-refractivity contribution is 5.71. The van der Waals surface area contributed by atoms with E-state index in [1.807, 2.05) is 13.0 Å². The molecule has 0 spiro atoms. The zero-order chi connectivity index (χ0) is 12.4. The summed E-state index contributed by atoms with van der Waals surface area (Å²) in [7, 11) is 0. The quantitative estimate of drug-likeness (QED) is 0.775. The van der Waals surface area contributed by atoms with Gasteiger partial charge in [-0.25, -0.2) is 0 Å². The summed E-state index contributed by atoms with van der Waals surface area (Å²) < 4.78 is 5.58. The van der Waals surface area contributed by atoms with E-state index in [0.29, 0.717) is 6.61 Å². The van der Waals surface area contributed by atoms with Gasteiger partial charge in [0.2, 0.25) is 0 Å². The number of hydrogen-bond acceptors (Lipinski definition) is 1. The molecule has 2 aromatic carbocycles. The Morgan fingerprint density at radius 3 is 2.89 bits per heavy atom. The van der Waals surface area contributed by atoms with E-state index in [2.05, 4.69) is 42.8 Å². The van der Waals surface area contributed by atoms with Gasteiger partial charge in [-0.15, -0.1) is 0 Å². The molecule has 2 aromatic rings. The van der Waals surface area contributed by atoms with Crippen molar-refractivity contribution in [2.75, 3.05) is 6.61 Å². The first-order chi connectivity index (χ1) is 8.88. The molecule has 1 heteroatoms. The van der Waals surface area contributed by atoms with E-state index in [9.17, 15) is 0 Å². The molecule has 0 saturated heterocycles. The molecule has 1 radical (unpaired) electrons. The van der Waals surface area contributed by atoms with Gasteiger partial charge in [-0.05, 0) is 60.6 Å². The van der Waals surface area contributed by atoms with E-state index in [0.717, 1.165) is 18.6 Å². The number of hydrogen-bond donors (Lipinski definition) is 0. The summed E-state index contributed by atoms with van der Waals surface area (Å²) >= 11 is 0. The fraction of sp³-hybridized carbons (Fsp3) is 0.235. The van der Waals surface area contributed by atoms with Gasteiger partial charge in [-0.1, -0.05) is 30.3 Å². The first-order valence-corrected chi connectivity index (χ1v) is 6.57. The lowest BCUT2D eigenvalue weighted by Gasteiger charge is -2.10. The zero-order valence-electron chi connectivity index (χ0n) is 10.6. The van der Waals surface area contributed by atoms with Crippen molar-refractivity contribution < 1.29 is 4.74 Å². The van der Waals surface area contributed by atoms with Gasteiger partial charge in [0.15, 0.2) is 0 Å². The third kappa shape index (κ3) is 2.01. The molecule has 0 aliphatic heterocycles. The van der Waals surface area contributed by atoms with Crippen LogP contribution in [0.5, 0.6) is 5.75 Å². The Kier molecular flexibility index (Phi) is 3.06. The lowest BCUT2D eigenvalue weighted by molar-refractivity contribution is 0.340. The van der Waals surface area contributed by atoms with Crippen LogP contribution in [0.3, 0.4) is 0 Å². The highest BCUT2D eigenvalue weighted by atomic mass is 16.5. The average Bonchev–Trinajstić information content (AvgIpc) is 2.87. The normalized spacial score (nSPS) is 13.4. The minimum Gasteiger partial charge on any atom is -0.494 e. The molecule has 18 heavy (non-hydrogen) atoms. The van der Waals surface area contributed by atoms with Crippen molar-refractivity contribution in [1.29, 1.82) is 0 Å². The highest BCUT2D eigenvalue weighted by Crippen LogP contribution is 2.34. The molecule has 0 N–H and O–H groups in total. The molecule has 1 aliphatic rings. The van der Waals surface area contributed by atoms with Gasteiger partial charge in [0.05, 0.1) is 6.61 Å². The van der Waals surface area contributed by atoms with Crippen LogP contribution in [0.1, 0.15) is 24.5 Å². The van der Waals surface area contributed by atoms with E-state index in [1.165, 1.54) is 22.3 Å². The van der Waals surface area contributed by atoms with Gasteiger partial charge in [0.25, 0.3) is 0 Å². The molecule has 1 aliphatic carbocycles. The number of fused-ring (bicyclic) bond motifs is 1. The number of rotatable bonds is 3. The van der Waals surface area contributed by atoms with E-state index in [1.54, 1.807) is 0 Å². The molecular formula is C17H17O. The number of ether oxygens (including phenoxy) is 1. The first-order valence-electron chi connectivity index (χ1n) is 6.57. The van der Waals surface area contributed by atoms with E-state index in [-0.39, 0.29) is 0 Å². The van der Waals surface area contributed by atoms with E-state index >= 15 is 0 Å². The predicted molar refractivity (Wildman–Crippen MR) is 74.8 cm³/mol. The van der Waals surface area contributed by atoms with Crippen molar-refractivity contribution in [2.24, 2.45) is 0 Å². The largest absolute Gasteiger partial charge is 0.494 e. The molecule has 0 atom stereocenters. The third-order valence-corrected chi connectivity index (χ3v) is 3.43. The third-order valence-electron chi connectivity index (χ3n) is 3.43. The van der Waals surface area contributed by atoms with Gasteiger partial charge < -0.3 is 4.74 Å².